The van der Waals surface area contributed by atoms with E-state index >= 15 is 0 Å². The first kappa shape index (κ1) is 22.3. The summed E-state index contributed by atoms with van der Waals surface area (Å²) >= 11 is 1.90. The smallest absolute Gasteiger partial charge is 0.225 e. The van der Waals surface area contributed by atoms with E-state index in [0.717, 1.165) is 31.6 Å². The quantitative estimate of drug-likeness (QED) is 0.467. The van der Waals surface area contributed by atoms with Crippen LogP contribution in [0.25, 0.3) is 0 Å². The molecule has 0 saturated carbocycles. The minimum Gasteiger partial charge on any atom is -0.346 e. The third kappa shape index (κ3) is 7.55. The van der Waals surface area contributed by atoms with Gasteiger partial charge in [0.25, 0.3) is 0 Å². The van der Waals surface area contributed by atoms with Crippen LogP contribution in [0.3, 0.4) is 0 Å². The van der Waals surface area contributed by atoms with Crippen molar-refractivity contribution in [2.45, 2.75) is 66.3 Å². The monoisotopic (exact) mass is 366 g/mol. The van der Waals surface area contributed by atoms with E-state index in [4.69, 9.17) is 4.99 Å². The molecular formula is C21H38N2OS. The summed E-state index contributed by atoms with van der Waals surface area (Å²) in [4.78, 5) is 18.8. The van der Waals surface area contributed by atoms with Crippen LogP contribution in [0.15, 0.2) is 17.6 Å². The minimum atomic E-state index is 0.142. The van der Waals surface area contributed by atoms with Crippen molar-refractivity contribution in [3.8, 4) is 0 Å². The van der Waals surface area contributed by atoms with Gasteiger partial charge in [0.15, 0.2) is 0 Å². The Hall–Kier alpha value is -0.770. The fourth-order valence-electron chi connectivity index (χ4n) is 3.21. The highest BCUT2D eigenvalue weighted by Crippen LogP contribution is 2.29. The third-order valence-electron chi connectivity index (χ3n) is 5.61. The summed E-state index contributed by atoms with van der Waals surface area (Å²) < 4.78 is 0. The second-order valence-corrected chi connectivity index (χ2v) is 9.09. The lowest BCUT2D eigenvalue weighted by molar-refractivity contribution is -0.133. The Morgan fingerprint density at radius 1 is 1.36 bits per heavy atom. The molecule has 0 spiro atoms. The van der Waals surface area contributed by atoms with E-state index in [-0.39, 0.29) is 11.8 Å². The van der Waals surface area contributed by atoms with Crippen LogP contribution in [0.5, 0.6) is 0 Å². The largest absolute Gasteiger partial charge is 0.346 e. The van der Waals surface area contributed by atoms with Gasteiger partial charge in [-0.3, -0.25) is 9.79 Å². The van der Waals surface area contributed by atoms with Crippen molar-refractivity contribution in [3.05, 3.63) is 12.7 Å². The number of nitrogens with zero attached hydrogens (tertiary/aromatic N) is 2. The Balaban J connectivity index is 2.34. The Kier molecular flexibility index (Phi) is 9.84. The molecule has 0 aromatic rings. The van der Waals surface area contributed by atoms with Crippen LogP contribution in [-0.2, 0) is 4.79 Å². The van der Waals surface area contributed by atoms with Gasteiger partial charge in [-0.05, 0) is 43.4 Å². The Morgan fingerprint density at radius 2 is 2.04 bits per heavy atom. The number of carbonyl (C=O) groups is 1. The van der Waals surface area contributed by atoms with Gasteiger partial charge >= 0.3 is 0 Å². The molecule has 0 unspecified atom stereocenters. The van der Waals surface area contributed by atoms with Crippen molar-refractivity contribution >= 4 is 22.7 Å². The second-order valence-electron chi connectivity index (χ2n) is 7.99. The Labute approximate surface area is 159 Å². The summed E-state index contributed by atoms with van der Waals surface area (Å²) in [5, 5.41) is 1.30. The Morgan fingerprint density at radius 3 is 2.60 bits per heavy atom. The summed E-state index contributed by atoms with van der Waals surface area (Å²) in [6, 6.07) is 0.319. The van der Waals surface area contributed by atoms with Crippen LogP contribution in [0, 0.1) is 23.7 Å². The average Bonchev–Trinajstić information content (AvgIpc) is 3.05. The molecule has 0 aromatic carbocycles. The van der Waals surface area contributed by atoms with Gasteiger partial charge in [-0.25, -0.2) is 0 Å². The summed E-state index contributed by atoms with van der Waals surface area (Å²) in [6.07, 6.45) is 6.27. The van der Waals surface area contributed by atoms with Crippen LogP contribution >= 0.6 is 11.8 Å². The molecule has 0 aromatic heterocycles. The van der Waals surface area contributed by atoms with Crippen LogP contribution in [-0.4, -0.2) is 41.2 Å². The molecule has 1 heterocycles. The van der Waals surface area contributed by atoms with Gasteiger partial charge in [-0.15, -0.1) is 18.3 Å². The maximum Gasteiger partial charge on any atom is 0.225 e. The highest BCUT2D eigenvalue weighted by Gasteiger charge is 2.22. The van der Waals surface area contributed by atoms with Crippen LogP contribution in [0.2, 0.25) is 0 Å². The second kappa shape index (κ2) is 11.1. The number of carbonyl (C=O) groups excluding carboxylic acids is 1. The topological polar surface area (TPSA) is 32.7 Å². The molecule has 144 valence electrons. The maximum absolute atomic E-state index is 12.2. The molecule has 1 aliphatic rings. The van der Waals surface area contributed by atoms with Crippen molar-refractivity contribution in [2.24, 2.45) is 28.7 Å². The Bertz CT molecular complexity index is 463. The lowest BCUT2D eigenvalue weighted by Crippen LogP contribution is -2.33. The van der Waals surface area contributed by atoms with Crippen LogP contribution in [0.1, 0.15) is 60.3 Å². The molecule has 0 N–H and O–H groups in total. The molecule has 4 heteroatoms. The maximum atomic E-state index is 12.2. The summed E-state index contributed by atoms with van der Waals surface area (Å²) in [6.45, 7) is 15.8. The standard InChI is InChI=1S/C21H38N2OS/c1-8-16(4)21(24)23(7)11-10-15(3)12-17(5)18(6)13-20-22-19(9-2)14-25-20/h9,15-19H,2,8,10-14H2,1,3-7H3/t15-,16-,17-,18-,19-/m1/s1. The molecule has 1 rings (SSSR count). The van der Waals surface area contributed by atoms with Crippen molar-refractivity contribution < 1.29 is 4.79 Å². The highest BCUT2D eigenvalue weighted by atomic mass is 32.2. The molecular weight excluding hydrogens is 328 g/mol. The predicted molar refractivity (Wildman–Crippen MR) is 112 cm³/mol. The first-order valence-electron chi connectivity index (χ1n) is 9.85. The zero-order chi connectivity index (χ0) is 19.0. The average molecular weight is 367 g/mol. The summed E-state index contributed by atoms with van der Waals surface area (Å²) in [5.41, 5.74) is 0. The molecule has 25 heavy (non-hydrogen) atoms. The van der Waals surface area contributed by atoms with Gasteiger partial charge in [-0.1, -0.05) is 40.7 Å². The predicted octanol–water partition coefficient (Wildman–Crippen LogP) is 5.27. The number of thioether (sulfide) groups is 1. The molecule has 0 fully saturated rings. The number of aliphatic imine (C=N–C) groups is 1. The van der Waals surface area contributed by atoms with Crippen LogP contribution < -0.4 is 0 Å². The summed E-state index contributed by atoms with van der Waals surface area (Å²) in [7, 11) is 1.94. The lowest BCUT2D eigenvalue weighted by Gasteiger charge is -2.26. The van der Waals surface area contributed by atoms with Gasteiger partial charge in [0.1, 0.15) is 0 Å². The van der Waals surface area contributed by atoms with Gasteiger partial charge in [0.05, 0.1) is 11.1 Å². The fraction of sp³-hybridized carbons (Fsp3) is 0.810. The fourth-order valence-corrected chi connectivity index (χ4v) is 4.37. The number of hydrogen-bond acceptors (Lipinski definition) is 3. The molecule has 0 saturated heterocycles. The SMILES string of the molecule is C=C[C@@H]1CSC(C[C@@H](C)[C@H](C)C[C@H](C)CCN(C)C(=O)[C@H](C)CC)=N1. The van der Waals surface area contributed by atoms with Gasteiger partial charge < -0.3 is 4.90 Å². The van der Waals surface area contributed by atoms with Gasteiger partial charge in [-0.2, -0.15) is 0 Å². The third-order valence-corrected chi connectivity index (χ3v) is 6.73. The molecule has 1 amide bonds. The molecule has 3 nitrogen and oxygen atoms in total. The molecule has 0 radical (unpaired) electrons. The zero-order valence-electron chi connectivity index (χ0n) is 17.1. The van der Waals surface area contributed by atoms with E-state index in [1.807, 2.05) is 36.7 Å². The number of hydrogen-bond donors (Lipinski definition) is 0. The van der Waals surface area contributed by atoms with Crippen molar-refractivity contribution in [1.82, 2.24) is 4.90 Å². The van der Waals surface area contributed by atoms with Crippen molar-refractivity contribution in [2.75, 3.05) is 19.3 Å². The van der Waals surface area contributed by atoms with E-state index in [2.05, 4.69) is 34.3 Å². The van der Waals surface area contributed by atoms with Crippen molar-refractivity contribution in [1.29, 1.82) is 0 Å². The molecule has 0 bridgehead atoms. The van der Waals surface area contributed by atoms with Gasteiger partial charge in [0.2, 0.25) is 5.91 Å². The van der Waals surface area contributed by atoms with E-state index in [0.29, 0.717) is 23.8 Å². The van der Waals surface area contributed by atoms with Crippen molar-refractivity contribution in [3.63, 3.8) is 0 Å². The zero-order valence-corrected chi connectivity index (χ0v) is 17.9. The highest BCUT2D eigenvalue weighted by molar-refractivity contribution is 8.14. The molecule has 5 atom stereocenters. The first-order chi connectivity index (χ1) is 11.8. The number of amides is 1. The molecule has 0 aliphatic carbocycles. The summed E-state index contributed by atoms with van der Waals surface area (Å²) in [5.74, 6) is 3.46. The van der Waals surface area contributed by atoms with E-state index in [1.165, 1.54) is 11.5 Å². The minimum absolute atomic E-state index is 0.142. The van der Waals surface area contributed by atoms with E-state index < -0.39 is 0 Å². The van der Waals surface area contributed by atoms with Crippen LogP contribution in [0.4, 0.5) is 0 Å². The number of rotatable bonds is 11. The van der Waals surface area contributed by atoms with Gasteiger partial charge in [0, 0.05) is 25.3 Å². The normalized spacial score (nSPS) is 22.0. The first-order valence-corrected chi connectivity index (χ1v) is 10.8. The van der Waals surface area contributed by atoms with E-state index in [1.54, 1.807) is 0 Å². The lowest BCUT2D eigenvalue weighted by atomic mass is 9.84. The molecule has 1 aliphatic heterocycles. The van der Waals surface area contributed by atoms with E-state index in [9.17, 15) is 4.79 Å².